The molecule has 0 spiro atoms. The van der Waals surface area contributed by atoms with Gasteiger partial charge < -0.3 is 0 Å². The fourth-order valence-electron chi connectivity index (χ4n) is 1.82. The third-order valence-electron chi connectivity index (χ3n) is 2.62. The van der Waals surface area contributed by atoms with Crippen LogP contribution in [0.3, 0.4) is 0 Å². The molecule has 0 radical (unpaired) electrons. The predicted molar refractivity (Wildman–Crippen MR) is 58.4 cm³/mol. The van der Waals surface area contributed by atoms with E-state index in [1.54, 1.807) is 11.5 Å². The Labute approximate surface area is 90.1 Å². The maximum Gasteiger partial charge on any atom is 0.203 e. The third kappa shape index (κ3) is 1.51. The zero-order valence-corrected chi connectivity index (χ0v) is 9.98. The number of hydrogen-bond donors (Lipinski definition) is 0. The molecule has 0 bridgehead atoms. The Bertz CT molecular complexity index is 278. The first-order valence-electron chi connectivity index (χ1n) is 4.20. The summed E-state index contributed by atoms with van der Waals surface area (Å²) in [6.07, 6.45) is 5.29. The normalized spacial score (nSPS) is 21.5. The molecule has 4 heteroatoms. The van der Waals surface area contributed by atoms with Crippen LogP contribution in [-0.2, 0) is 5.41 Å². The lowest BCUT2D eigenvalue weighted by Gasteiger charge is -2.18. The van der Waals surface area contributed by atoms with Crippen LogP contribution in [0.4, 0.5) is 0 Å². The SMILES string of the molecule is CC1(c2nc(I)ns2)CCCC1. The first-order valence-corrected chi connectivity index (χ1v) is 6.06. The number of aromatic nitrogens is 2. The van der Waals surface area contributed by atoms with Gasteiger partial charge in [-0.25, -0.2) is 4.98 Å². The Hall–Kier alpha value is 0.290. The summed E-state index contributed by atoms with van der Waals surface area (Å²) in [6, 6.07) is 0. The lowest BCUT2D eigenvalue weighted by atomic mass is 9.90. The largest absolute Gasteiger partial charge is 0.214 e. The van der Waals surface area contributed by atoms with Crippen LogP contribution >= 0.6 is 34.1 Å². The van der Waals surface area contributed by atoms with Crippen LogP contribution in [0.15, 0.2) is 0 Å². The molecule has 66 valence electrons. The van der Waals surface area contributed by atoms with E-state index in [0.717, 1.165) is 3.83 Å². The van der Waals surface area contributed by atoms with Crippen LogP contribution in [0.1, 0.15) is 37.6 Å². The van der Waals surface area contributed by atoms with Crippen LogP contribution in [0.25, 0.3) is 0 Å². The Morgan fingerprint density at radius 3 is 2.58 bits per heavy atom. The lowest BCUT2D eigenvalue weighted by molar-refractivity contribution is 0.487. The molecule has 0 amide bonds. The minimum Gasteiger partial charge on any atom is -0.214 e. The van der Waals surface area contributed by atoms with Crippen molar-refractivity contribution < 1.29 is 0 Å². The van der Waals surface area contributed by atoms with Crippen LogP contribution in [0, 0.1) is 3.83 Å². The molecular formula is C8H11IN2S. The van der Waals surface area contributed by atoms with Crippen LogP contribution in [-0.4, -0.2) is 9.36 Å². The molecule has 1 aliphatic rings. The highest BCUT2D eigenvalue weighted by molar-refractivity contribution is 14.1. The Kier molecular flexibility index (Phi) is 2.37. The van der Waals surface area contributed by atoms with Gasteiger partial charge in [0.2, 0.25) is 3.83 Å². The molecule has 1 aromatic rings. The summed E-state index contributed by atoms with van der Waals surface area (Å²) < 4.78 is 5.13. The van der Waals surface area contributed by atoms with Gasteiger partial charge in [-0.15, -0.1) is 0 Å². The van der Waals surface area contributed by atoms with Gasteiger partial charge in [0, 0.05) is 28.0 Å². The molecule has 0 atom stereocenters. The number of rotatable bonds is 1. The van der Waals surface area contributed by atoms with Crippen molar-refractivity contribution in [2.24, 2.45) is 0 Å². The molecule has 1 heterocycles. The summed E-state index contributed by atoms with van der Waals surface area (Å²) in [5.74, 6) is 0. The zero-order valence-electron chi connectivity index (χ0n) is 7.01. The van der Waals surface area contributed by atoms with Crippen molar-refractivity contribution in [2.45, 2.75) is 38.0 Å². The van der Waals surface area contributed by atoms with Crippen molar-refractivity contribution in [3.05, 3.63) is 8.84 Å². The summed E-state index contributed by atoms with van der Waals surface area (Å²) in [7, 11) is 0. The molecule has 2 rings (SSSR count). The lowest BCUT2D eigenvalue weighted by Crippen LogP contribution is -2.16. The van der Waals surface area contributed by atoms with Crippen molar-refractivity contribution in [3.63, 3.8) is 0 Å². The van der Waals surface area contributed by atoms with E-state index < -0.39 is 0 Å². The molecule has 0 unspecified atom stereocenters. The number of halogens is 1. The van der Waals surface area contributed by atoms with E-state index in [4.69, 9.17) is 0 Å². The fourth-order valence-corrected chi connectivity index (χ4v) is 3.27. The van der Waals surface area contributed by atoms with Crippen molar-refractivity contribution in [2.75, 3.05) is 0 Å². The average molecular weight is 294 g/mol. The molecular weight excluding hydrogens is 283 g/mol. The molecule has 0 N–H and O–H groups in total. The first kappa shape index (κ1) is 8.87. The second kappa shape index (κ2) is 3.21. The molecule has 1 saturated carbocycles. The summed E-state index contributed by atoms with van der Waals surface area (Å²) in [4.78, 5) is 4.46. The Morgan fingerprint density at radius 1 is 1.42 bits per heavy atom. The Balaban J connectivity index is 2.28. The quantitative estimate of drug-likeness (QED) is 0.744. The van der Waals surface area contributed by atoms with E-state index in [1.165, 1.54) is 30.7 Å². The zero-order chi connectivity index (χ0) is 8.60. The second-order valence-corrected chi connectivity index (χ2v) is 5.35. The van der Waals surface area contributed by atoms with Crippen molar-refractivity contribution in [1.82, 2.24) is 9.36 Å². The smallest absolute Gasteiger partial charge is 0.203 e. The highest BCUT2D eigenvalue weighted by Crippen LogP contribution is 2.41. The average Bonchev–Trinajstić information content (AvgIpc) is 2.59. The molecule has 1 aliphatic carbocycles. The summed E-state index contributed by atoms with van der Waals surface area (Å²) in [5, 5.41) is 1.24. The van der Waals surface area contributed by atoms with E-state index in [0.29, 0.717) is 5.41 Å². The van der Waals surface area contributed by atoms with Gasteiger partial charge in [-0.1, -0.05) is 19.8 Å². The molecule has 0 saturated heterocycles. The maximum atomic E-state index is 4.46. The minimum atomic E-state index is 0.348. The second-order valence-electron chi connectivity index (χ2n) is 3.64. The predicted octanol–water partition coefficient (Wildman–Crippen LogP) is 2.97. The van der Waals surface area contributed by atoms with E-state index in [9.17, 15) is 0 Å². The fraction of sp³-hybridized carbons (Fsp3) is 0.750. The summed E-state index contributed by atoms with van der Waals surface area (Å²) in [5.41, 5.74) is 0.348. The van der Waals surface area contributed by atoms with Gasteiger partial charge in [0.1, 0.15) is 5.01 Å². The highest BCUT2D eigenvalue weighted by atomic mass is 127. The van der Waals surface area contributed by atoms with Crippen molar-refractivity contribution in [3.8, 4) is 0 Å². The first-order chi connectivity index (χ1) is 5.71. The van der Waals surface area contributed by atoms with E-state index in [2.05, 4.69) is 38.9 Å². The molecule has 1 fully saturated rings. The van der Waals surface area contributed by atoms with E-state index in [-0.39, 0.29) is 0 Å². The van der Waals surface area contributed by atoms with Gasteiger partial charge in [0.15, 0.2) is 0 Å². The van der Waals surface area contributed by atoms with Gasteiger partial charge in [0.05, 0.1) is 0 Å². The molecule has 12 heavy (non-hydrogen) atoms. The van der Waals surface area contributed by atoms with Gasteiger partial charge in [-0.3, -0.25) is 0 Å². The summed E-state index contributed by atoms with van der Waals surface area (Å²) in [6.45, 7) is 2.32. The minimum absolute atomic E-state index is 0.348. The molecule has 0 aromatic carbocycles. The van der Waals surface area contributed by atoms with Crippen LogP contribution in [0.2, 0.25) is 0 Å². The third-order valence-corrected chi connectivity index (χ3v) is 4.46. The van der Waals surface area contributed by atoms with Gasteiger partial charge in [-0.05, 0) is 24.4 Å². The maximum absolute atomic E-state index is 4.46. The van der Waals surface area contributed by atoms with E-state index >= 15 is 0 Å². The Morgan fingerprint density at radius 2 is 2.08 bits per heavy atom. The molecule has 0 aliphatic heterocycles. The van der Waals surface area contributed by atoms with Crippen molar-refractivity contribution >= 4 is 34.1 Å². The monoisotopic (exact) mass is 294 g/mol. The molecule has 2 nitrogen and oxygen atoms in total. The number of nitrogens with zero attached hydrogens (tertiary/aromatic N) is 2. The van der Waals surface area contributed by atoms with Gasteiger partial charge in [0.25, 0.3) is 0 Å². The molecule has 1 aromatic heterocycles. The van der Waals surface area contributed by atoms with Gasteiger partial charge >= 0.3 is 0 Å². The topological polar surface area (TPSA) is 25.8 Å². The standard InChI is InChI=1S/C8H11IN2S/c1-8(4-2-3-5-8)6-10-7(9)11-12-6/h2-5H2,1H3. The number of hydrogen-bond acceptors (Lipinski definition) is 3. The highest BCUT2D eigenvalue weighted by Gasteiger charge is 2.33. The summed E-state index contributed by atoms with van der Waals surface area (Å²) >= 11 is 3.76. The van der Waals surface area contributed by atoms with E-state index in [1.807, 2.05) is 0 Å². The van der Waals surface area contributed by atoms with Gasteiger partial charge in [-0.2, -0.15) is 4.37 Å². The van der Waals surface area contributed by atoms with Crippen molar-refractivity contribution in [1.29, 1.82) is 0 Å². The van der Waals surface area contributed by atoms with Crippen LogP contribution in [0.5, 0.6) is 0 Å². The van der Waals surface area contributed by atoms with Crippen LogP contribution < -0.4 is 0 Å².